The van der Waals surface area contributed by atoms with Crippen molar-refractivity contribution in [2.24, 2.45) is 12.5 Å². The molecule has 2 fully saturated rings. The number of nitrogens with one attached hydrogen (secondary N) is 1. The van der Waals surface area contributed by atoms with E-state index in [1.165, 1.54) is 25.8 Å². The van der Waals surface area contributed by atoms with Gasteiger partial charge in [0.25, 0.3) is 0 Å². The summed E-state index contributed by atoms with van der Waals surface area (Å²) >= 11 is 0. The quantitative estimate of drug-likeness (QED) is 0.859. The lowest BCUT2D eigenvalue weighted by molar-refractivity contribution is 0.0995. The highest BCUT2D eigenvalue weighted by molar-refractivity contribution is 5.08. The molecule has 21 heavy (non-hydrogen) atoms. The van der Waals surface area contributed by atoms with Gasteiger partial charge < -0.3 is 10.4 Å². The van der Waals surface area contributed by atoms with Gasteiger partial charge in [0.15, 0.2) is 0 Å². The van der Waals surface area contributed by atoms with Crippen molar-refractivity contribution >= 4 is 0 Å². The highest BCUT2D eigenvalue weighted by atomic mass is 16.3. The first kappa shape index (κ1) is 15.0. The van der Waals surface area contributed by atoms with Crippen LogP contribution in [0, 0.1) is 5.41 Å². The lowest BCUT2D eigenvalue weighted by Gasteiger charge is -2.33. The van der Waals surface area contributed by atoms with Crippen LogP contribution in [0.15, 0.2) is 12.4 Å². The number of aryl methyl sites for hydroxylation is 1. The van der Waals surface area contributed by atoms with Crippen LogP contribution >= 0.6 is 0 Å². The van der Waals surface area contributed by atoms with Gasteiger partial charge >= 0.3 is 0 Å². The van der Waals surface area contributed by atoms with Gasteiger partial charge in [0.05, 0.1) is 12.3 Å². The minimum Gasteiger partial charge on any atom is -0.388 e. The zero-order valence-corrected chi connectivity index (χ0v) is 13.3. The zero-order chi connectivity index (χ0) is 14.9. The summed E-state index contributed by atoms with van der Waals surface area (Å²) in [6.07, 6.45) is 7.88. The maximum Gasteiger partial charge on any atom is 0.0835 e. The van der Waals surface area contributed by atoms with E-state index >= 15 is 0 Å². The number of hydrogen-bond donors (Lipinski definition) is 2. The van der Waals surface area contributed by atoms with Gasteiger partial charge in [0.2, 0.25) is 0 Å². The lowest BCUT2D eigenvalue weighted by Crippen LogP contribution is -2.40. The summed E-state index contributed by atoms with van der Waals surface area (Å²) in [6, 6.07) is 0.512. The Bertz CT molecular complexity index is 467. The van der Waals surface area contributed by atoms with Crippen molar-refractivity contribution in [2.45, 2.75) is 44.8 Å². The van der Waals surface area contributed by atoms with E-state index < -0.39 is 0 Å². The third kappa shape index (κ3) is 3.47. The molecule has 0 radical (unpaired) electrons. The molecule has 1 aromatic rings. The molecule has 5 nitrogen and oxygen atoms in total. The Labute approximate surface area is 127 Å². The summed E-state index contributed by atoms with van der Waals surface area (Å²) in [7, 11) is 1.89. The highest BCUT2D eigenvalue weighted by Crippen LogP contribution is 2.32. The van der Waals surface area contributed by atoms with Crippen molar-refractivity contribution in [2.75, 3.05) is 26.2 Å². The lowest BCUT2D eigenvalue weighted by atomic mass is 9.88. The Hall–Kier alpha value is -0.910. The Morgan fingerprint density at radius 3 is 3.10 bits per heavy atom. The van der Waals surface area contributed by atoms with Crippen LogP contribution in [0.2, 0.25) is 0 Å². The van der Waals surface area contributed by atoms with Crippen LogP contribution in [0.3, 0.4) is 0 Å². The summed E-state index contributed by atoms with van der Waals surface area (Å²) in [6.45, 7) is 7.00. The summed E-state index contributed by atoms with van der Waals surface area (Å²) in [5, 5.41) is 18.1. The van der Waals surface area contributed by atoms with Crippen molar-refractivity contribution in [3.63, 3.8) is 0 Å². The highest BCUT2D eigenvalue weighted by Gasteiger charge is 2.35. The van der Waals surface area contributed by atoms with Crippen LogP contribution in [-0.4, -0.2) is 52.0 Å². The molecule has 0 spiro atoms. The fourth-order valence-corrected chi connectivity index (χ4v) is 3.87. The van der Waals surface area contributed by atoms with Crippen molar-refractivity contribution in [3.05, 3.63) is 18.0 Å². The molecule has 2 aliphatic rings. The molecule has 118 valence electrons. The van der Waals surface area contributed by atoms with Gasteiger partial charge in [-0.15, -0.1) is 0 Å². The summed E-state index contributed by atoms with van der Waals surface area (Å²) in [5.41, 5.74) is 1.35. The number of hydrogen-bond acceptors (Lipinski definition) is 4. The van der Waals surface area contributed by atoms with Crippen molar-refractivity contribution in [3.8, 4) is 0 Å². The Morgan fingerprint density at radius 1 is 1.57 bits per heavy atom. The number of aromatic nitrogens is 2. The molecule has 0 amide bonds. The molecule has 5 heteroatoms. The number of likely N-dealkylation sites (tertiary alicyclic amines) is 1. The smallest absolute Gasteiger partial charge is 0.0835 e. The predicted octanol–water partition coefficient (Wildman–Crippen LogP) is 1.31. The van der Waals surface area contributed by atoms with Gasteiger partial charge in [-0.3, -0.25) is 9.58 Å². The second-order valence-corrected chi connectivity index (χ2v) is 7.20. The molecule has 2 N–H and O–H groups in total. The molecule has 2 aliphatic heterocycles. The molecular formula is C16H28N4O. The van der Waals surface area contributed by atoms with Gasteiger partial charge in [0.1, 0.15) is 0 Å². The molecule has 0 aromatic carbocycles. The predicted molar refractivity (Wildman–Crippen MR) is 83.0 cm³/mol. The first-order chi connectivity index (χ1) is 10.1. The Kier molecular flexibility index (Phi) is 4.33. The van der Waals surface area contributed by atoms with E-state index in [2.05, 4.69) is 22.2 Å². The maximum absolute atomic E-state index is 10.4. The Balaban J connectivity index is 1.59. The van der Waals surface area contributed by atoms with E-state index in [1.807, 2.05) is 13.2 Å². The van der Waals surface area contributed by atoms with E-state index in [-0.39, 0.29) is 6.10 Å². The van der Waals surface area contributed by atoms with Crippen molar-refractivity contribution < 1.29 is 5.11 Å². The van der Waals surface area contributed by atoms with Gasteiger partial charge in [-0.1, -0.05) is 6.92 Å². The average molecular weight is 292 g/mol. The third-order valence-corrected chi connectivity index (χ3v) is 5.15. The van der Waals surface area contributed by atoms with Gasteiger partial charge in [0, 0.05) is 37.9 Å². The second-order valence-electron chi connectivity index (χ2n) is 7.20. The summed E-state index contributed by atoms with van der Waals surface area (Å²) < 4.78 is 1.76. The average Bonchev–Trinajstić information content (AvgIpc) is 3.14. The molecule has 0 bridgehead atoms. The van der Waals surface area contributed by atoms with Crippen LogP contribution < -0.4 is 5.32 Å². The molecule has 3 heterocycles. The molecule has 3 unspecified atom stereocenters. The molecular weight excluding hydrogens is 264 g/mol. The van der Waals surface area contributed by atoms with Crippen molar-refractivity contribution in [1.29, 1.82) is 0 Å². The zero-order valence-electron chi connectivity index (χ0n) is 13.3. The van der Waals surface area contributed by atoms with Gasteiger partial charge in [-0.05, 0) is 44.2 Å². The summed E-state index contributed by atoms with van der Waals surface area (Å²) in [4.78, 5) is 2.60. The fraction of sp³-hybridized carbons (Fsp3) is 0.812. The van der Waals surface area contributed by atoms with Crippen LogP contribution in [0.5, 0.6) is 0 Å². The molecule has 0 aliphatic carbocycles. The summed E-state index contributed by atoms with van der Waals surface area (Å²) in [5.74, 6) is 0. The number of aliphatic hydroxyl groups is 1. The van der Waals surface area contributed by atoms with E-state index in [0.29, 0.717) is 11.5 Å². The van der Waals surface area contributed by atoms with Gasteiger partial charge in [-0.25, -0.2) is 0 Å². The number of rotatable bonds is 5. The maximum atomic E-state index is 10.4. The van der Waals surface area contributed by atoms with Crippen LogP contribution in [0.1, 0.15) is 44.3 Å². The van der Waals surface area contributed by atoms with E-state index in [4.69, 9.17) is 0 Å². The van der Waals surface area contributed by atoms with Gasteiger partial charge in [-0.2, -0.15) is 5.10 Å². The monoisotopic (exact) mass is 292 g/mol. The van der Waals surface area contributed by atoms with E-state index in [1.54, 1.807) is 10.9 Å². The molecule has 2 saturated heterocycles. The largest absolute Gasteiger partial charge is 0.388 e. The topological polar surface area (TPSA) is 53.3 Å². The first-order valence-corrected chi connectivity index (χ1v) is 8.17. The first-order valence-electron chi connectivity index (χ1n) is 8.17. The third-order valence-electron chi connectivity index (χ3n) is 5.15. The fourth-order valence-electron chi connectivity index (χ4n) is 3.87. The molecule has 0 saturated carbocycles. The standard InChI is InChI=1S/C16H28N4O/c1-16(5-6-17-11-16)12-20-7-3-4-14(20)8-15(21)13-9-18-19(2)10-13/h9-10,14-15,17,21H,3-8,11-12H2,1-2H3. The minimum atomic E-state index is -0.390. The molecule has 3 atom stereocenters. The van der Waals surface area contributed by atoms with Crippen LogP contribution in [0.4, 0.5) is 0 Å². The van der Waals surface area contributed by atoms with E-state index in [0.717, 1.165) is 31.6 Å². The normalized spacial score (nSPS) is 31.9. The van der Waals surface area contributed by atoms with Crippen LogP contribution in [0.25, 0.3) is 0 Å². The SMILES string of the molecule is Cn1cc(C(O)CC2CCCN2CC2(C)CCNC2)cn1. The van der Waals surface area contributed by atoms with Crippen LogP contribution in [-0.2, 0) is 7.05 Å². The Morgan fingerprint density at radius 2 is 2.43 bits per heavy atom. The molecule has 3 rings (SSSR count). The van der Waals surface area contributed by atoms with E-state index in [9.17, 15) is 5.11 Å². The van der Waals surface area contributed by atoms with Crippen molar-refractivity contribution in [1.82, 2.24) is 20.0 Å². The minimum absolute atomic E-state index is 0.390. The second kappa shape index (κ2) is 6.07. The number of nitrogens with zero attached hydrogens (tertiary/aromatic N) is 3. The number of aliphatic hydroxyl groups excluding tert-OH is 1. The molecule has 1 aromatic heterocycles.